The van der Waals surface area contributed by atoms with Crippen molar-refractivity contribution in [1.82, 2.24) is 19.6 Å². The van der Waals surface area contributed by atoms with Crippen molar-refractivity contribution >= 4 is 23.7 Å². The van der Waals surface area contributed by atoms with E-state index < -0.39 is 5.60 Å². The van der Waals surface area contributed by atoms with E-state index in [2.05, 4.69) is 10.1 Å². The van der Waals surface area contributed by atoms with E-state index in [1.807, 2.05) is 25.7 Å². The highest BCUT2D eigenvalue weighted by atomic mass is 16.6. The minimum absolute atomic E-state index is 0.133. The molecule has 0 bridgehead atoms. The number of amidine groups is 1. The zero-order valence-corrected chi connectivity index (χ0v) is 15.9. The zero-order valence-electron chi connectivity index (χ0n) is 15.9. The highest BCUT2D eigenvalue weighted by molar-refractivity contribution is 6.05. The monoisotopic (exact) mass is 363 g/mol. The van der Waals surface area contributed by atoms with Crippen molar-refractivity contribution in [2.45, 2.75) is 39.7 Å². The van der Waals surface area contributed by atoms with Crippen LogP contribution in [0.5, 0.6) is 5.75 Å². The number of aromatic nitrogens is 2. The van der Waals surface area contributed by atoms with Gasteiger partial charge < -0.3 is 19.3 Å². The van der Waals surface area contributed by atoms with E-state index in [1.54, 1.807) is 18.9 Å². The maximum absolute atomic E-state index is 12.4. The van der Waals surface area contributed by atoms with Crippen molar-refractivity contribution in [3.63, 3.8) is 0 Å². The van der Waals surface area contributed by atoms with Gasteiger partial charge in [0.2, 0.25) is 5.82 Å². The topological polar surface area (TPSA) is 89.3 Å². The standard InChI is InChI=1S/C17H25N5O4/c1-11-14(25-5)15-18-12(10-13(23)22(15)19-11)20-6-8-21(9-7-20)16(24)26-17(2,3)4/h6-10H2,1-5H3. The second kappa shape index (κ2) is 6.62. The number of rotatable bonds is 1. The number of carbonyl (C=O) groups is 2. The number of ether oxygens (including phenoxy) is 2. The van der Waals surface area contributed by atoms with Gasteiger partial charge >= 0.3 is 6.09 Å². The Hall–Kier alpha value is -2.58. The minimum Gasteiger partial charge on any atom is -0.491 e. The summed E-state index contributed by atoms with van der Waals surface area (Å²) in [7, 11) is 1.54. The third-order valence-corrected chi connectivity index (χ3v) is 4.26. The van der Waals surface area contributed by atoms with Gasteiger partial charge in [-0.05, 0) is 27.7 Å². The quantitative estimate of drug-likeness (QED) is 0.756. The maximum atomic E-state index is 12.4. The van der Waals surface area contributed by atoms with Crippen molar-refractivity contribution in [3.05, 3.63) is 5.69 Å². The molecule has 142 valence electrons. The number of piperazine rings is 1. The van der Waals surface area contributed by atoms with E-state index in [4.69, 9.17) is 9.47 Å². The largest absolute Gasteiger partial charge is 0.491 e. The van der Waals surface area contributed by atoms with Crippen molar-refractivity contribution in [2.24, 2.45) is 4.99 Å². The number of hydrogen-bond donors (Lipinski definition) is 0. The molecule has 3 heterocycles. The first kappa shape index (κ1) is 18.2. The summed E-state index contributed by atoms with van der Waals surface area (Å²) in [6.45, 7) is 9.58. The van der Waals surface area contributed by atoms with E-state index in [0.717, 1.165) is 0 Å². The molecule has 0 N–H and O–H groups in total. The van der Waals surface area contributed by atoms with Crippen LogP contribution in [0.1, 0.15) is 37.7 Å². The first-order valence-corrected chi connectivity index (χ1v) is 8.67. The van der Waals surface area contributed by atoms with Gasteiger partial charge in [0.25, 0.3) is 5.91 Å². The molecule has 26 heavy (non-hydrogen) atoms. The lowest BCUT2D eigenvalue weighted by molar-refractivity contribution is 0.0185. The van der Waals surface area contributed by atoms with E-state index in [0.29, 0.717) is 49.3 Å². The normalized spacial score (nSPS) is 17.7. The van der Waals surface area contributed by atoms with Gasteiger partial charge in [-0.3, -0.25) is 4.79 Å². The molecule has 0 radical (unpaired) electrons. The summed E-state index contributed by atoms with van der Waals surface area (Å²) in [5.41, 5.74) is 0.122. The average molecular weight is 363 g/mol. The second-order valence-electron chi connectivity index (χ2n) is 7.41. The molecule has 0 saturated carbocycles. The molecule has 2 aliphatic rings. The van der Waals surface area contributed by atoms with E-state index >= 15 is 0 Å². The molecule has 1 saturated heterocycles. The SMILES string of the molecule is COc1c(C)nn2c1N=C(N1CCN(C(=O)OC(C)(C)C)CC1)CC2=O. The highest BCUT2D eigenvalue weighted by Crippen LogP contribution is 2.34. The van der Waals surface area contributed by atoms with Gasteiger partial charge in [0.05, 0.1) is 13.5 Å². The lowest BCUT2D eigenvalue weighted by atomic mass is 10.2. The predicted octanol–water partition coefficient (Wildman–Crippen LogP) is 1.83. The van der Waals surface area contributed by atoms with Crippen LogP contribution in [0, 0.1) is 6.92 Å². The molecule has 9 nitrogen and oxygen atoms in total. The fourth-order valence-corrected chi connectivity index (χ4v) is 3.04. The van der Waals surface area contributed by atoms with Gasteiger partial charge in [-0.2, -0.15) is 9.78 Å². The van der Waals surface area contributed by atoms with Gasteiger partial charge in [-0.1, -0.05) is 0 Å². The number of carbonyl (C=O) groups excluding carboxylic acids is 2. The molecule has 0 aliphatic carbocycles. The Labute approximate surface area is 152 Å². The lowest BCUT2D eigenvalue weighted by Crippen LogP contribution is -2.52. The van der Waals surface area contributed by atoms with Crippen molar-refractivity contribution in [2.75, 3.05) is 33.3 Å². The van der Waals surface area contributed by atoms with Gasteiger partial charge in [0.15, 0.2) is 5.75 Å². The van der Waals surface area contributed by atoms with Crippen LogP contribution in [0.2, 0.25) is 0 Å². The third-order valence-electron chi connectivity index (χ3n) is 4.26. The number of amides is 1. The van der Waals surface area contributed by atoms with Crippen LogP contribution < -0.4 is 4.74 Å². The molecular formula is C17H25N5O4. The minimum atomic E-state index is -0.513. The van der Waals surface area contributed by atoms with Crippen molar-refractivity contribution < 1.29 is 19.1 Å². The number of aliphatic imine (C=N–C) groups is 1. The van der Waals surface area contributed by atoms with E-state index in [-0.39, 0.29) is 18.4 Å². The Morgan fingerprint density at radius 2 is 1.81 bits per heavy atom. The van der Waals surface area contributed by atoms with Crippen LogP contribution in [-0.2, 0) is 4.74 Å². The van der Waals surface area contributed by atoms with E-state index in [9.17, 15) is 9.59 Å². The van der Waals surface area contributed by atoms with Crippen LogP contribution in [0.25, 0.3) is 0 Å². The number of methoxy groups -OCH3 is 1. The summed E-state index contributed by atoms with van der Waals surface area (Å²) in [4.78, 5) is 32.9. The molecule has 1 fully saturated rings. The zero-order chi connectivity index (χ0) is 19.1. The van der Waals surface area contributed by atoms with Gasteiger partial charge in [-0.15, -0.1) is 0 Å². The predicted molar refractivity (Wildman–Crippen MR) is 95.2 cm³/mol. The van der Waals surface area contributed by atoms with Crippen molar-refractivity contribution in [1.29, 1.82) is 0 Å². The van der Waals surface area contributed by atoms with Gasteiger partial charge in [0, 0.05) is 26.2 Å². The Kier molecular flexibility index (Phi) is 4.64. The summed E-state index contributed by atoms with van der Waals surface area (Å²) in [6, 6.07) is 0. The van der Waals surface area contributed by atoms with Crippen LogP contribution in [0.4, 0.5) is 10.6 Å². The summed E-state index contributed by atoms with van der Waals surface area (Å²) in [6.07, 6.45) is -0.127. The average Bonchev–Trinajstić information content (AvgIpc) is 2.89. The second-order valence-corrected chi connectivity index (χ2v) is 7.41. The number of hydrogen-bond acceptors (Lipinski definition) is 7. The fourth-order valence-electron chi connectivity index (χ4n) is 3.04. The maximum Gasteiger partial charge on any atom is 0.410 e. The van der Waals surface area contributed by atoms with Gasteiger partial charge in [0.1, 0.15) is 17.1 Å². The number of aryl methyl sites for hydroxylation is 1. The highest BCUT2D eigenvalue weighted by Gasteiger charge is 2.32. The van der Waals surface area contributed by atoms with E-state index in [1.165, 1.54) is 4.68 Å². The summed E-state index contributed by atoms with van der Waals surface area (Å²) < 4.78 is 12.0. The molecule has 1 aromatic heterocycles. The smallest absolute Gasteiger partial charge is 0.410 e. The van der Waals surface area contributed by atoms with Crippen LogP contribution in [0.3, 0.4) is 0 Å². The molecule has 3 rings (SSSR count). The molecule has 9 heteroatoms. The Balaban J connectivity index is 1.71. The first-order valence-electron chi connectivity index (χ1n) is 8.67. The van der Waals surface area contributed by atoms with Crippen LogP contribution in [-0.4, -0.2) is 76.3 Å². The number of nitrogens with zero attached hydrogens (tertiary/aromatic N) is 5. The van der Waals surface area contributed by atoms with Gasteiger partial charge in [-0.25, -0.2) is 9.79 Å². The lowest BCUT2D eigenvalue weighted by Gasteiger charge is -2.37. The van der Waals surface area contributed by atoms with Crippen LogP contribution >= 0.6 is 0 Å². The number of fused-ring (bicyclic) bond motifs is 1. The summed E-state index contributed by atoms with van der Waals surface area (Å²) in [5, 5.41) is 4.20. The summed E-state index contributed by atoms with van der Waals surface area (Å²) in [5.74, 6) is 1.50. The Morgan fingerprint density at radius 1 is 1.15 bits per heavy atom. The third kappa shape index (κ3) is 3.51. The molecule has 0 unspecified atom stereocenters. The first-order chi connectivity index (χ1) is 12.2. The van der Waals surface area contributed by atoms with Crippen LogP contribution in [0.15, 0.2) is 4.99 Å². The Bertz CT molecular complexity index is 754. The summed E-state index contributed by atoms with van der Waals surface area (Å²) >= 11 is 0. The molecule has 0 spiro atoms. The molecule has 0 atom stereocenters. The fraction of sp³-hybridized carbons (Fsp3) is 0.647. The molecule has 1 aromatic rings. The molecular weight excluding hydrogens is 338 g/mol. The molecule has 0 aromatic carbocycles. The molecule has 1 amide bonds. The van der Waals surface area contributed by atoms with Crippen molar-refractivity contribution in [3.8, 4) is 5.75 Å². The Morgan fingerprint density at radius 3 is 2.38 bits per heavy atom. The molecule has 2 aliphatic heterocycles.